The first-order valence-electron chi connectivity index (χ1n) is 6.67. The van der Waals surface area contributed by atoms with Crippen LogP contribution < -0.4 is 0 Å². The Kier molecular flexibility index (Phi) is 3.34. The molecule has 0 amide bonds. The zero-order valence-electron chi connectivity index (χ0n) is 11.4. The van der Waals surface area contributed by atoms with Crippen LogP contribution in [0.1, 0.15) is 27.8 Å². The van der Waals surface area contributed by atoms with E-state index < -0.39 is 0 Å². The molecule has 0 radical (unpaired) electrons. The molecule has 0 saturated heterocycles. The molecule has 0 saturated carbocycles. The molecule has 0 aromatic heterocycles. The molecule has 0 bridgehead atoms. The summed E-state index contributed by atoms with van der Waals surface area (Å²) in [6.07, 6.45) is 0. The lowest BCUT2D eigenvalue weighted by Crippen LogP contribution is -2.15. The minimum Gasteiger partial charge on any atom is -0.291 e. The largest absolute Gasteiger partial charge is 0.291 e. The van der Waals surface area contributed by atoms with Crippen molar-refractivity contribution in [2.75, 3.05) is 0 Å². The van der Waals surface area contributed by atoms with Gasteiger partial charge in [0.2, 0.25) is 0 Å². The van der Waals surface area contributed by atoms with Crippen LogP contribution >= 0.6 is 11.6 Å². The lowest BCUT2D eigenvalue weighted by Gasteiger charge is -2.15. The molecule has 1 heterocycles. The maximum Gasteiger partial charge on any atom is 0.0409 e. The second-order valence-corrected chi connectivity index (χ2v) is 5.99. The van der Waals surface area contributed by atoms with Gasteiger partial charge in [0.05, 0.1) is 0 Å². The molecule has 0 N–H and O–H groups in total. The van der Waals surface area contributed by atoms with Crippen molar-refractivity contribution in [2.45, 2.75) is 33.5 Å². The van der Waals surface area contributed by atoms with Crippen LogP contribution in [0.2, 0.25) is 5.02 Å². The van der Waals surface area contributed by atoms with Crippen molar-refractivity contribution in [3.05, 3.63) is 69.2 Å². The molecule has 0 unspecified atom stereocenters. The first-order chi connectivity index (χ1) is 9.10. The van der Waals surface area contributed by atoms with Gasteiger partial charge in [-0.25, -0.2) is 0 Å². The lowest BCUT2D eigenvalue weighted by atomic mass is 10.1. The van der Waals surface area contributed by atoms with Gasteiger partial charge in [0, 0.05) is 24.7 Å². The molecule has 2 aromatic carbocycles. The number of halogens is 1. The van der Waals surface area contributed by atoms with E-state index in [2.05, 4.69) is 49.1 Å². The Morgan fingerprint density at radius 1 is 0.947 bits per heavy atom. The van der Waals surface area contributed by atoms with Gasteiger partial charge in [0.1, 0.15) is 0 Å². The van der Waals surface area contributed by atoms with E-state index in [1.165, 1.54) is 27.8 Å². The van der Waals surface area contributed by atoms with Crippen molar-refractivity contribution in [2.24, 2.45) is 0 Å². The topological polar surface area (TPSA) is 3.24 Å². The average Bonchev–Trinajstić information content (AvgIpc) is 2.68. The molecular formula is C17H18ClN. The summed E-state index contributed by atoms with van der Waals surface area (Å²) >= 11 is 6.05. The normalized spacial score (nSPS) is 14.7. The third-order valence-corrected chi connectivity index (χ3v) is 3.88. The molecule has 3 rings (SSSR count). The number of hydrogen-bond acceptors (Lipinski definition) is 1. The van der Waals surface area contributed by atoms with E-state index in [1.54, 1.807) is 0 Å². The van der Waals surface area contributed by atoms with Crippen LogP contribution in [0.5, 0.6) is 0 Å². The first kappa shape index (κ1) is 12.7. The predicted octanol–water partition coefficient (Wildman–Crippen LogP) is 4.47. The van der Waals surface area contributed by atoms with E-state index in [0.29, 0.717) is 0 Å². The van der Waals surface area contributed by atoms with Crippen molar-refractivity contribution >= 4 is 11.6 Å². The first-order valence-corrected chi connectivity index (χ1v) is 7.05. The van der Waals surface area contributed by atoms with Crippen LogP contribution in [0.3, 0.4) is 0 Å². The Morgan fingerprint density at radius 2 is 1.63 bits per heavy atom. The number of benzene rings is 2. The summed E-state index contributed by atoms with van der Waals surface area (Å²) in [5.41, 5.74) is 6.87. The van der Waals surface area contributed by atoms with E-state index >= 15 is 0 Å². The number of nitrogens with zero attached hydrogens (tertiary/aromatic N) is 1. The zero-order chi connectivity index (χ0) is 13.4. The quantitative estimate of drug-likeness (QED) is 0.779. The summed E-state index contributed by atoms with van der Waals surface area (Å²) in [4.78, 5) is 2.47. The molecule has 0 atom stereocenters. The Morgan fingerprint density at radius 3 is 2.37 bits per heavy atom. The highest BCUT2D eigenvalue weighted by atomic mass is 35.5. The summed E-state index contributed by atoms with van der Waals surface area (Å²) < 4.78 is 0. The Bertz CT molecular complexity index is 598. The molecule has 1 aliphatic rings. The molecule has 2 heteroatoms. The van der Waals surface area contributed by atoms with E-state index in [9.17, 15) is 0 Å². The van der Waals surface area contributed by atoms with E-state index in [1.807, 2.05) is 6.07 Å². The third-order valence-electron chi connectivity index (χ3n) is 3.64. The third kappa shape index (κ3) is 2.83. The fraction of sp³-hybridized carbons (Fsp3) is 0.294. The van der Waals surface area contributed by atoms with Gasteiger partial charge in [-0.15, -0.1) is 0 Å². The number of hydrogen-bond donors (Lipinski definition) is 0. The maximum absolute atomic E-state index is 6.05. The fourth-order valence-corrected chi connectivity index (χ4v) is 3.16. The molecular weight excluding hydrogens is 254 g/mol. The maximum atomic E-state index is 6.05. The second-order valence-electron chi connectivity index (χ2n) is 5.55. The summed E-state index contributed by atoms with van der Waals surface area (Å²) in [5, 5.41) is 0.840. The van der Waals surface area contributed by atoms with Gasteiger partial charge in [0.25, 0.3) is 0 Å². The van der Waals surface area contributed by atoms with E-state index in [-0.39, 0.29) is 0 Å². The van der Waals surface area contributed by atoms with Gasteiger partial charge in [-0.1, -0.05) is 47.0 Å². The number of aryl methyl sites for hydroxylation is 2. The van der Waals surface area contributed by atoms with Crippen molar-refractivity contribution in [3.63, 3.8) is 0 Å². The Balaban J connectivity index is 1.76. The molecule has 0 aliphatic carbocycles. The van der Waals surface area contributed by atoms with Gasteiger partial charge in [0.15, 0.2) is 0 Å². The molecule has 1 aliphatic heterocycles. The summed E-state index contributed by atoms with van der Waals surface area (Å²) in [7, 11) is 0. The SMILES string of the molecule is Cc1cc(C)cc(CN2Cc3ccc(Cl)cc3C2)c1. The van der Waals surface area contributed by atoms with Crippen LogP contribution in [0, 0.1) is 13.8 Å². The van der Waals surface area contributed by atoms with Crippen molar-refractivity contribution in [1.29, 1.82) is 0 Å². The van der Waals surface area contributed by atoms with Crippen LogP contribution in [-0.2, 0) is 19.6 Å². The van der Waals surface area contributed by atoms with Crippen LogP contribution in [-0.4, -0.2) is 4.90 Å². The van der Waals surface area contributed by atoms with Crippen molar-refractivity contribution in [1.82, 2.24) is 4.90 Å². The van der Waals surface area contributed by atoms with Crippen LogP contribution in [0.15, 0.2) is 36.4 Å². The van der Waals surface area contributed by atoms with Gasteiger partial charge in [-0.05, 0) is 42.7 Å². The molecule has 98 valence electrons. The molecule has 1 nitrogen and oxygen atoms in total. The average molecular weight is 272 g/mol. The highest BCUT2D eigenvalue weighted by Crippen LogP contribution is 2.27. The Hall–Kier alpha value is -1.31. The summed E-state index contributed by atoms with van der Waals surface area (Å²) in [6.45, 7) is 7.36. The smallest absolute Gasteiger partial charge is 0.0409 e. The van der Waals surface area contributed by atoms with Gasteiger partial charge >= 0.3 is 0 Å². The van der Waals surface area contributed by atoms with Crippen molar-refractivity contribution in [3.8, 4) is 0 Å². The fourth-order valence-electron chi connectivity index (χ4n) is 2.96. The molecule has 2 aromatic rings. The standard InChI is InChI=1S/C17H18ClN/c1-12-5-13(2)7-14(6-12)9-19-10-15-3-4-17(18)8-16(15)11-19/h3-8H,9-11H2,1-2H3. The van der Waals surface area contributed by atoms with E-state index in [4.69, 9.17) is 11.6 Å². The molecule has 19 heavy (non-hydrogen) atoms. The molecule has 0 spiro atoms. The highest BCUT2D eigenvalue weighted by Gasteiger charge is 2.19. The minimum atomic E-state index is 0.840. The minimum absolute atomic E-state index is 0.840. The predicted molar refractivity (Wildman–Crippen MR) is 80.3 cm³/mol. The lowest BCUT2D eigenvalue weighted by molar-refractivity contribution is 0.275. The van der Waals surface area contributed by atoms with Crippen LogP contribution in [0.4, 0.5) is 0 Å². The number of fused-ring (bicyclic) bond motifs is 1. The van der Waals surface area contributed by atoms with Gasteiger partial charge < -0.3 is 0 Å². The van der Waals surface area contributed by atoms with Gasteiger partial charge in [-0.2, -0.15) is 0 Å². The summed E-state index contributed by atoms with van der Waals surface area (Å²) in [6, 6.07) is 13.0. The second kappa shape index (κ2) is 4.99. The number of rotatable bonds is 2. The zero-order valence-corrected chi connectivity index (χ0v) is 12.2. The summed E-state index contributed by atoms with van der Waals surface area (Å²) in [5.74, 6) is 0. The highest BCUT2D eigenvalue weighted by molar-refractivity contribution is 6.30. The monoisotopic (exact) mass is 271 g/mol. The molecule has 0 fully saturated rings. The Labute approximate surface area is 119 Å². The van der Waals surface area contributed by atoms with Gasteiger partial charge in [-0.3, -0.25) is 4.90 Å². The van der Waals surface area contributed by atoms with E-state index in [0.717, 1.165) is 24.7 Å². The van der Waals surface area contributed by atoms with Crippen LogP contribution in [0.25, 0.3) is 0 Å². The van der Waals surface area contributed by atoms with Crippen molar-refractivity contribution < 1.29 is 0 Å².